The minimum absolute atomic E-state index is 0.000128. The van der Waals surface area contributed by atoms with Crippen molar-refractivity contribution >= 4 is 5.91 Å². The molecule has 23 heavy (non-hydrogen) atoms. The molecule has 7 heteroatoms. The summed E-state index contributed by atoms with van der Waals surface area (Å²) < 4.78 is 7.37. The van der Waals surface area contributed by atoms with Gasteiger partial charge in [0.15, 0.2) is 0 Å². The normalized spacial score (nSPS) is 17.8. The van der Waals surface area contributed by atoms with Gasteiger partial charge in [0.05, 0.1) is 25.2 Å². The zero-order valence-electron chi connectivity index (χ0n) is 13.0. The zero-order valence-corrected chi connectivity index (χ0v) is 13.0. The molecule has 1 N–H and O–H groups in total. The van der Waals surface area contributed by atoms with Gasteiger partial charge in [-0.3, -0.25) is 4.79 Å². The van der Waals surface area contributed by atoms with Gasteiger partial charge in [-0.25, -0.2) is 15.0 Å². The molecular weight excluding hydrogens is 294 g/mol. The number of hydrogen-bond donors (Lipinski definition) is 1. The Balaban J connectivity index is 1.48. The Hall–Kier alpha value is -2.28. The van der Waals surface area contributed by atoms with Crippen molar-refractivity contribution < 1.29 is 9.53 Å². The van der Waals surface area contributed by atoms with Crippen LogP contribution in [0.3, 0.4) is 0 Å². The molecule has 0 radical (unpaired) electrons. The molecule has 7 nitrogen and oxygen atoms in total. The maximum absolute atomic E-state index is 11.9. The summed E-state index contributed by atoms with van der Waals surface area (Å²) in [7, 11) is 0. The molecule has 2 aromatic rings. The van der Waals surface area contributed by atoms with Crippen LogP contribution in [-0.4, -0.2) is 38.6 Å². The Kier molecular flexibility index (Phi) is 5.31. The fourth-order valence-electron chi connectivity index (χ4n) is 2.58. The van der Waals surface area contributed by atoms with E-state index in [-0.39, 0.29) is 11.8 Å². The summed E-state index contributed by atoms with van der Waals surface area (Å²) in [5.41, 5.74) is 0.830. The molecule has 1 aliphatic rings. The number of ether oxygens (including phenoxy) is 1. The van der Waals surface area contributed by atoms with Crippen LogP contribution < -0.4 is 5.32 Å². The standard InChI is InChI=1S/C16H21N5O2/c22-15(4-7-21-8-6-17-12-21)19-10-14-3-5-18-16(20-14)13-2-1-9-23-11-13/h3,5-6,8,12-13H,1-2,4,7,9-11H2,(H,19,22). The van der Waals surface area contributed by atoms with E-state index in [1.165, 1.54) is 0 Å². The van der Waals surface area contributed by atoms with Crippen molar-refractivity contribution in [1.29, 1.82) is 0 Å². The Morgan fingerprint density at radius 2 is 2.39 bits per heavy atom. The van der Waals surface area contributed by atoms with Gasteiger partial charge in [0.1, 0.15) is 5.82 Å². The number of hydrogen-bond acceptors (Lipinski definition) is 5. The fourth-order valence-corrected chi connectivity index (χ4v) is 2.58. The van der Waals surface area contributed by atoms with Gasteiger partial charge < -0.3 is 14.6 Å². The first-order valence-corrected chi connectivity index (χ1v) is 7.93. The van der Waals surface area contributed by atoms with Gasteiger partial charge in [-0.05, 0) is 18.9 Å². The van der Waals surface area contributed by atoms with Crippen molar-refractivity contribution in [2.75, 3.05) is 13.2 Å². The van der Waals surface area contributed by atoms with Crippen LogP contribution in [0.25, 0.3) is 0 Å². The average Bonchev–Trinajstić information content (AvgIpc) is 3.13. The van der Waals surface area contributed by atoms with Crippen LogP contribution in [0.5, 0.6) is 0 Å². The lowest BCUT2D eigenvalue weighted by Gasteiger charge is -2.20. The van der Waals surface area contributed by atoms with E-state index in [0.717, 1.165) is 31.0 Å². The largest absolute Gasteiger partial charge is 0.381 e. The lowest BCUT2D eigenvalue weighted by atomic mass is 10.0. The molecule has 0 aromatic carbocycles. The number of imidazole rings is 1. The molecule has 1 saturated heterocycles. The minimum atomic E-state index is -0.000128. The van der Waals surface area contributed by atoms with E-state index in [4.69, 9.17) is 4.74 Å². The van der Waals surface area contributed by atoms with Gasteiger partial charge in [0, 0.05) is 44.1 Å². The van der Waals surface area contributed by atoms with Gasteiger partial charge in [-0.2, -0.15) is 0 Å². The van der Waals surface area contributed by atoms with Crippen molar-refractivity contribution in [3.05, 3.63) is 42.5 Å². The van der Waals surface area contributed by atoms with E-state index in [0.29, 0.717) is 26.1 Å². The molecule has 1 aliphatic heterocycles. The number of aromatic nitrogens is 4. The van der Waals surface area contributed by atoms with Crippen LogP contribution in [-0.2, 0) is 22.6 Å². The van der Waals surface area contributed by atoms with Crippen LogP contribution in [0.2, 0.25) is 0 Å². The number of nitrogens with one attached hydrogen (secondary N) is 1. The quantitative estimate of drug-likeness (QED) is 0.868. The average molecular weight is 315 g/mol. The fraction of sp³-hybridized carbons (Fsp3) is 0.500. The highest BCUT2D eigenvalue weighted by Gasteiger charge is 2.18. The van der Waals surface area contributed by atoms with Crippen LogP contribution in [0.15, 0.2) is 31.0 Å². The molecule has 1 atom stereocenters. The Morgan fingerprint density at radius 1 is 1.43 bits per heavy atom. The van der Waals surface area contributed by atoms with E-state index >= 15 is 0 Å². The Labute approximate surface area is 135 Å². The van der Waals surface area contributed by atoms with Crippen molar-refractivity contribution in [2.45, 2.75) is 38.3 Å². The summed E-state index contributed by atoms with van der Waals surface area (Å²) in [6, 6.07) is 1.84. The first-order valence-electron chi connectivity index (χ1n) is 7.93. The molecule has 122 valence electrons. The predicted octanol–water partition coefficient (Wildman–Crippen LogP) is 1.27. The number of amides is 1. The van der Waals surface area contributed by atoms with Crippen LogP contribution in [0.1, 0.15) is 36.7 Å². The maximum Gasteiger partial charge on any atom is 0.222 e. The number of rotatable bonds is 6. The highest BCUT2D eigenvalue weighted by molar-refractivity contribution is 5.75. The molecule has 1 fully saturated rings. The SMILES string of the molecule is O=C(CCn1ccnc1)NCc1ccnc(C2CCCOC2)n1. The monoisotopic (exact) mass is 315 g/mol. The van der Waals surface area contributed by atoms with E-state index < -0.39 is 0 Å². The molecule has 0 aliphatic carbocycles. The number of nitrogens with zero attached hydrogens (tertiary/aromatic N) is 4. The molecule has 1 amide bonds. The summed E-state index contributed by atoms with van der Waals surface area (Å²) in [6.45, 7) is 2.55. The van der Waals surface area contributed by atoms with Crippen LogP contribution in [0.4, 0.5) is 0 Å². The number of carbonyl (C=O) groups excluding carboxylic acids is 1. The zero-order chi connectivity index (χ0) is 15.9. The van der Waals surface area contributed by atoms with Gasteiger partial charge in [-0.1, -0.05) is 0 Å². The van der Waals surface area contributed by atoms with Crippen molar-refractivity contribution in [3.63, 3.8) is 0 Å². The molecule has 0 spiro atoms. The topological polar surface area (TPSA) is 81.9 Å². The predicted molar refractivity (Wildman–Crippen MR) is 83.5 cm³/mol. The maximum atomic E-state index is 11.9. The van der Waals surface area contributed by atoms with E-state index in [1.807, 2.05) is 16.8 Å². The molecule has 0 saturated carbocycles. The second-order valence-electron chi connectivity index (χ2n) is 5.65. The van der Waals surface area contributed by atoms with E-state index in [1.54, 1.807) is 18.7 Å². The smallest absolute Gasteiger partial charge is 0.222 e. The molecule has 3 rings (SSSR count). The summed E-state index contributed by atoms with van der Waals surface area (Å²) >= 11 is 0. The van der Waals surface area contributed by atoms with Crippen LogP contribution in [0, 0.1) is 0 Å². The second kappa shape index (κ2) is 7.82. The second-order valence-corrected chi connectivity index (χ2v) is 5.65. The highest BCUT2D eigenvalue weighted by Crippen LogP contribution is 2.22. The van der Waals surface area contributed by atoms with Gasteiger partial charge in [0.25, 0.3) is 0 Å². The molecular formula is C16H21N5O2. The minimum Gasteiger partial charge on any atom is -0.381 e. The Bertz CT molecular complexity index is 623. The van der Waals surface area contributed by atoms with Gasteiger partial charge in [-0.15, -0.1) is 0 Å². The van der Waals surface area contributed by atoms with E-state index in [2.05, 4.69) is 20.3 Å². The van der Waals surface area contributed by atoms with Crippen molar-refractivity contribution in [2.24, 2.45) is 0 Å². The third kappa shape index (κ3) is 4.59. The molecule has 2 aromatic heterocycles. The van der Waals surface area contributed by atoms with Gasteiger partial charge >= 0.3 is 0 Å². The molecule has 1 unspecified atom stereocenters. The number of carbonyl (C=O) groups is 1. The Morgan fingerprint density at radius 3 is 3.17 bits per heavy atom. The first-order chi connectivity index (χ1) is 11.3. The third-order valence-corrected chi connectivity index (χ3v) is 3.88. The van der Waals surface area contributed by atoms with Gasteiger partial charge in [0.2, 0.25) is 5.91 Å². The number of aryl methyl sites for hydroxylation is 1. The first kappa shape index (κ1) is 15.6. The summed E-state index contributed by atoms with van der Waals surface area (Å²) in [4.78, 5) is 24.7. The molecule has 0 bridgehead atoms. The van der Waals surface area contributed by atoms with E-state index in [9.17, 15) is 4.79 Å². The third-order valence-electron chi connectivity index (χ3n) is 3.88. The lowest BCUT2D eigenvalue weighted by Crippen LogP contribution is -2.25. The highest BCUT2D eigenvalue weighted by atomic mass is 16.5. The lowest BCUT2D eigenvalue weighted by molar-refractivity contribution is -0.121. The van der Waals surface area contributed by atoms with Crippen molar-refractivity contribution in [3.8, 4) is 0 Å². The van der Waals surface area contributed by atoms with Crippen LogP contribution >= 0.6 is 0 Å². The summed E-state index contributed by atoms with van der Waals surface area (Å²) in [5.74, 6) is 1.08. The molecule has 3 heterocycles. The van der Waals surface area contributed by atoms with Crippen molar-refractivity contribution in [1.82, 2.24) is 24.8 Å². The summed E-state index contributed by atoms with van der Waals surface area (Å²) in [5, 5.41) is 2.90. The summed E-state index contributed by atoms with van der Waals surface area (Å²) in [6.07, 6.45) is 9.53.